The fourth-order valence-corrected chi connectivity index (χ4v) is 3.87. The molecule has 0 amide bonds. The Morgan fingerprint density at radius 1 is 1.05 bits per heavy atom. The lowest BCUT2D eigenvalue weighted by atomic mass is 9.69. The summed E-state index contributed by atoms with van der Waals surface area (Å²) in [7, 11) is -0.186. The molecule has 1 aromatic rings. The van der Waals surface area contributed by atoms with Crippen molar-refractivity contribution in [1.29, 1.82) is 0 Å². The Hall–Kier alpha value is -0.445. The first kappa shape index (κ1) is 17.9. The maximum absolute atomic E-state index is 6.36. The molecule has 1 aliphatic heterocycles. The van der Waals surface area contributed by atoms with Crippen LogP contribution in [0.4, 0.5) is 0 Å². The molecule has 4 heteroatoms. The number of rotatable bonds is 6. The van der Waals surface area contributed by atoms with E-state index in [1.54, 1.807) is 0 Å². The van der Waals surface area contributed by atoms with E-state index in [4.69, 9.17) is 9.31 Å². The number of benzene rings is 1. The maximum atomic E-state index is 6.36. The Kier molecular flexibility index (Phi) is 5.36. The van der Waals surface area contributed by atoms with Crippen LogP contribution in [-0.2, 0) is 9.31 Å². The fraction of sp³-hybridized carbons (Fsp3) is 0.667. The quantitative estimate of drug-likeness (QED) is 0.519. The second-order valence-corrected chi connectivity index (χ2v) is 9.03. The molecule has 0 radical (unpaired) electrons. The maximum Gasteiger partial charge on any atom is 0.475 e. The molecule has 1 atom stereocenters. The predicted octanol–water partition coefficient (Wildman–Crippen LogP) is 5.36. The molecule has 0 aliphatic carbocycles. The van der Waals surface area contributed by atoms with Gasteiger partial charge in [-0.1, -0.05) is 44.9 Å². The van der Waals surface area contributed by atoms with Crippen molar-refractivity contribution >= 4 is 18.9 Å². The summed E-state index contributed by atoms with van der Waals surface area (Å²) >= 11 is 1.88. The SMILES string of the molecule is CCCCC(C)(Sc1ccccc1)B1OC(C)(C)C(C)(C)O1. The lowest BCUT2D eigenvalue weighted by molar-refractivity contribution is 0.00578. The van der Waals surface area contributed by atoms with Gasteiger partial charge >= 0.3 is 7.12 Å². The summed E-state index contributed by atoms with van der Waals surface area (Å²) in [5.41, 5.74) is -0.551. The zero-order valence-electron chi connectivity index (χ0n) is 14.8. The van der Waals surface area contributed by atoms with Crippen LogP contribution in [0, 0.1) is 0 Å². The molecule has 1 unspecified atom stereocenters. The minimum absolute atomic E-state index is 0.0809. The molecule has 22 heavy (non-hydrogen) atoms. The Morgan fingerprint density at radius 2 is 1.59 bits per heavy atom. The van der Waals surface area contributed by atoms with Crippen LogP contribution in [0.3, 0.4) is 0 Å². The van der Waals surface area contributed by atoms with Crippen molar-refractivity contribution in [3.8, 4) is 0 Å². The van der Waals surface area contributed by atoms with Crippen molar-refractivity contribution < 1.29 is 9.31 Å². The topological polar surface area (TPSA) is 18.5 Å². The van der Waals surface area contributed by atoms with Crippen LogP contribution in [-0.4, -0.2) is 23.0 Å². The molecule has 0 N–H and O–H groups in total. The van der Waals surface area contributed by atoms with Gasteiger partial charge in [-0.05, 0) is 46.2 Å². The van der Waals surface area contributed by atoms with Gasteiger partial charge in [0.1, 0.15) is 0 Å². The monoisotopic (exact) mass is 320 g/mol. The first-order chi connectivity index (χ1) is 10.2. The van der Waals surface area contributed by atoms with Gasteiger partial charge in [-0.15, -0.1) is 11.8 Å². The van der Waals surface area contributed by atoms with Crippen molar-refractivity contribution in [2.75, 3.05) is 0 Å². The Balaban J connectivity index is 2.22. The largest absolute Gasteiger partial charge is 0.475 e. The van der Waals surface area contributed by atoms with E-state index >= 15 is 0 Å². The second-order valence-electron chi connectivity index (χ2n) is 7.42. The third-order valence-corrected chi connectivity index (χ3v) is 6.24. The summed E-state index contributed by atoms with van der Waals surface area (Å²) in [5, 5.41) is 0. The Bertz CT molecular complexity index is 473. The van der Waals surface area contributed by atoms with Gasteiger partial charge < -0.3 is 9.31 Å². The van der Waals surface area contributed by atoms with E-state index in [-0.39, 0.29) is 23.0 Å². The smallest absolute Gasteiger partial charge is 0.402 e. The first-order valence-corrected chi connectivity index (χ1v) is 9.11. The fourth-order valence-electron chi connectivity index (χ4n) is 2.59. The average molecular weight is 320 g/mol. The number of hydrogen-bond donors (Lipinski definition) is 0. The summed E-state index contributed by atoms with van der Waals surface area (Å²) in [6, 6.07) is 10.6. The highest BCUT2D eigenvalue weighted by atomic mass is 32.2. The van der Waals surface area contributed by atoms with Gasteiger partial charge in [-0.25, -0.2) is 0 Å². The van der Waals surface area contributed by atoms with E-state index in [1.807, 2.05) is 11.8 Å². The molecule has 0 aromatic heterocycles. The van der Waals surface area contributed by atoms with Crippen LogP contribution < -0.4 is 0 Å². The lowest BCUT2D eigenvalue weighted by Crippen LogP contribution is -2.43. The predicted molar refractivity (Wildman–Crippen MR) is 96.3 cm³/mol. The molecule has 0 bridgehead atoms. The number of unbranched alkanes of at least 4 members (excludes halogenated alkanes) is 1. The van der Waals surface area contributed by atoms with E-state index < -0.39 is 0 Å². The van der Waals surface area contributed by atoms with Gasteiger partial charge in [0.2, 0.25) is 0 Å². The molecule has 1 heterocycles. The summed E-state index contributed by atoms with van der Waals surface area (Å²) in [5.74, 6) is 0. The zero-order chi connectivity index (χ0) is 16.4. The molecule has 122 valence electrons. The van der Waals surface area contributed by atoms with Crippen molar-refractivity contribution in [1.82, 2.24) is 0 Å². The van der Waals surface area contributed by atoms with Gasteiger partial charge in [0.25, 0.3) is 0 Å². The van der Waals surface area contributed by atoms with Gasteiger partial charge in [0.15, 0.2) is 0 Å². The molecule has 0 saturated carbocycles. The van der Waals surface area contributed by atoms with Crippen LogP contribution in [0.2, 0.25) is 0 Å². The van der Waals surface area contributed by atoms with Gasteiger partial charge in [0, 0.05) is 4.90 Å². The van der Waals surface area contributed by atoms with Crippen molar-refractivity contribution in [2.45, 2.75) is 81.5 Å². The summed E-state index contributed by atoms with van der Waals surface area (Å²) < 4.78 is 12.6. The van der Waals surface area contributed by atoms with Crippen molar-refractivity contribution in [3.63, 3.8) is 0 Å². The van der Waals surface area contributed by atoms with E-state index in [0.717, 1.165) is 6.42 Å². The van der Waals surface area contributed by atoms with Crippen LogP contribution in [0.15, 0.2) is 35.2 Å². The van der Waals surface area contributed by atoms with Crippen molar-refractivity contribution in [3.05, 3.63) is 30.3 Å². The van der Waals surface area contributed by atoms with E-state index in [2.05, 4.69) is 71.9 Å². The minimum Gasteiger partial charge on any atom is -0.402 e. The lowest BCUT2D eigenvalue weighted by Gasteiger charge is -2.32. The minimum atomic E-state index is -0.275. The molecular formula is C18H29BO2S. The van der Waals surface area contributed by atoms with Crippen LogP contribution >= 0.6 is 11.8 Å². The second kappa shape index (κ2) is 6.58. The van der Waals surface area contributed by atoms with Gasteiger partial charge in [0.05, 0.1) is 15.8 Å². The van der Waals surface area contributed by atoms with E-state index in [9.17, 15) is 0 Å². The highest BCUT2D eigenvalue weighted by Gasteiger charge is 2.58. The summed E-state index contributed by atoms with van der Waals surface area (Å²) in [6.07, 6.45) is 3.45. The third kappa shape index (κ3) is 3.72. The summed E-state index contributed by atoms with van der Waals surface area (Å²) in [4.78, 5) is 1.27. The van der Waals surface area contributed by atoms with Crippen LogP contribution in [0.1, 0.15) is 60.8 Å². The van der Waals surface area contributed by atoms with Crippen LogP contribution in [0.25, 0.3) is 0 Å². The Labute approximate surface area is 140 Å². The molecule has 2 nitrogen and oxygen atoms in total. The van der Waals surface area contributed by atoms with E-state index in [1.165, 1.54) is 17.7 Å². The third-order valence-electron chi connectivity index (χ3n) is 4.87. The average Bonchev–Trinajstić information content (AvgIpc) is 2.67. The number of hydrogen-bond acceptors (Lipinski definition) is 3. The standard InChI is InChI=1S/C18H29BO2S/c1-7-8-14-18(6,22-15-12-10-9-11-13-15)19-20-16(2,3)17(4,5)21-19/h9-13H,7-8,14H2,1-6H3. The van der Waals surface area contributed by atoms with Gasteiger partial charge in [-0.3, -0.25) is 0 Å². The highest BCUT2D eigenvalue weighted by molar-refractivity contribution is 8.02. The first-order valence-electron chi connectivity index (χ1n) is 8.30. The molecule has 1 aliphatic rings. The molecule has 1 aromatic carbocycles. The zero-order valence-corrected chi connectivity index (χ0v) is 15.6. The van der Waals surface area contributed by atoms with E-state index in [0.29, 0.717) is 0 Å². The van der Waals surface area contributed by atoms with Gasteiger partial charge in [-0.2, -0.15) is 0 Å². The Morgan fingerprint density at radius 3 is 2.09 bits per heavy atom. The molecule has 2 rings (SSSR count). The highest BCUT2D eigenvalue weighted by Crippen LogP contribution is 2.47. The molecular weight excluding hydrogens is 291 g/mol. The summed E-state index contributed by atoms with van der Waals surface area (Å²) in [6.45, 7) is 13.0. The number of thioether (sulfide) groups is 1. The van der Waals surface area contributed by atoms with Crippen molar-refractivity contribution in [2.24, 2.45) is 0 Å². The van der Waals surface area contributed by atoms with Crippen LogP contribution in [0.5, 0.6) is 0 Å². The molecule has 0 spiro atoms. The normalized spacial score (nSPS) is 22.5. The molecule has 1 fully saturated rings. The molecule has 1 saturated heterocycles.